The first kappa shape index (κ1) is 9.47. The second kappa shape index (κ2) is 3.97. The molecule has 0 aliphatic rings. The lowest BCUT2D eigenvalue weighted by Crippen LogP contribution is -2.14. The number of nitrogens with zero attached hydrogens (tertiary/aromatic N) is 4. The lowest BCUT2D eigenvalue weighted by molar-refractivity contribution is 0.100. The summed E-state index contributed by atoms with van der Waals surface area (Å²) in [6.45, 7) is -0.00957. The molecule has 0 aliphatic heterocycles. The fourth-order valence-corrected chi connectivity index (χ4v) is 1.13. The molecule has 0 fully saturated rings. The normalized spacial score (nSPS) is 10.2. The van der Waals surface area contributed by atoms with Crippen LogP contribution >= 0.6 is 0 Å². The molecule has 0 bridgehead atoms. The highest BCUT2D eigenvalue weighted by Gasteiger charge is 2.04. The van der Waals surface area contributed by atoms with Gasteiger partial charge in [-0.2, -0.15) is 5.10 Å². The van der Waals surface area contributed by atoms with Crippen LogP contribution in [-0.4, -0.2) is 32.1 Å². The van der Waals surface area contributed by atoms with Crippen LogP contribution in [0.3, 0.4) is 0 Å². The van der Waals surface area contributed by atoms with E-state index in [1.165, 1.54) is 23.5 Å². The highest BCUT2D eigenvalue weighted by Crippen LogP contribution is 2.03. The van der Waals surface area contributed by atoms with Gasteiger partial charge in [-0.1, -0.05) is 0 Å². The van der Waals surface area contributed by atoms with Gasteiger partial charge in [-0.05, 0) is 12.1 Å². The van der Waals surface area contributed by atoms with Crippen molar-refractivity contribution in [2.45, 2.75) is 0 Å². The van der Waals surface area contributed by atoms with Gasteiger partial charge in [0, 0.05) is 11.8 Å². The summed E-state index contributed by atoms with van der Waals surface area (Å²) in [4.78, 5) is 19.1. The number of nitrogens with two attached hydrogens (primary N) is 1. The minimum absolute atomic E-state index is 0.00957. The molecule has 0 spiro atoms. The van der Waals surface area contributed by atoms with Gasteiger partial charge in [-0.15, -0.1) is 0 Å². The molecular formula is C9H9N5O. The van der Waals surface area contributed by atoms with Crippen LogP contribution in [0.1, 0.15) is 10.4 Å². The molecule has 0 aliphatic carbocycles. The van der Waals surface area contributed by atoms with Crippen molar-refractivity contribution in [3.8, 4) is 5.82 Å². The average Bonchev–Trinajstić information content (AvgIpc) is 2.82. The van der Waals surface area contributed by atoms with Gasteiger partial charge in [0.05, 0.1) is 6.54 Å². The van der Waals surface area contributed by atoms with E-state index in [-0.39, 0.29) is 12.3 Å². The van der Waals surface area contributed by atoms with Gasteiger partial charge in [0.2, 0.25) is 0 Å². The van der Waals surface area contributed by atoms with Crippen molar-refractivity contribution < 1.29 is 4.79 Å². The molecule has 0 aromatic carbocycles. The molecule has 6 heteroatoms. The van der Waals surface area contributed by atoms with E-state index < -0.39 is 0 Å². The van der Waals surface area contributed by atoms with E-state index in [4.69, 9.17) is 5.73 Å². The monoisotopic (exact) mass is 203 g/mol. The number of hydrogen-bond donors (Lipinski definition) is 1. The topological polar surface area (TPSA) is 86.7 Å². The SMILES string of the molecule is NCC(=O)c1ccc(-n2cncn2)nc1. The fraction of sp³-hybridized carbons (Fsp3) is 0.111. The molecule has 2 aromatic rings. The number of carbonyl (C=O) groups excluding carboxylic acids is 1. The maximum Gasteiger partial charge on any atom is 0.177 e. The number of ketones is 1. The maximum atomic E-state index is 11.2. The van der Waals surface area contributed by atoms with Crippen LogP contribution in [0.2, 0.25) is 0 Å². The summed E-state index contributed by atoms with van der Waals surface area (Å²) in [7, 11) is 0. The van der Waals surface area contributed by atoms with Crippen LogP contribution in [-0.2, 0) is 0 Å². The third kappa shape index (κ3) is 1.89. The molecule has 0 unspecified atom stereocenters. The Morgan fingerprint density at radius 3 is 2.87 bits per heavy atom. The van der Waals surface area contributed by atoms with E-state index in [9.17, 15) is 4.79 Å². The zero-order chi connectivity index (χ0) is 10.7. The highest BCUT2D eigenvalue weighted by atomic mass is 16.1. The van der Waals surface area contributed by atoms with Crippen LogP contribution < -0.4 is 5.73 Å². The number of hydrogen-bond acceptors (Lipinski definition) is 5. The smallest absolute Gasteiger partial charge is 0.177 e. The van der Waals surface area contributed by atoms with E-state index in [0.29, 0.717) is 11.4 Å². The molecule has 0 radical (unpaired) electrons. The van der Waals surface area contributed by atoms with Gasteiger partial charge in [-0.3, -0.25) is 4.79 Å². The predicted molar refractivity (Wildman–Crippen MR) is 52.5 cm³/mol. The van der Waals surface area contributed by atoms with E-state index in [1.807, 2.05) is 0 Å². The second-order valence-electron chi connectivity index (χ2n) is 2.87. The van der Waals surface area contributed by atoms with Crippen molar-refractivity contribution in [1.82, 2.24) is 19.7 Å². The van der Waals surface area contributed by atoms with Crippen molar-refractivity contribution in [2.24, 2.45) is 5.73 Å². The highest BCUT2D eigenvalue weighted by molar-refractivity contribution is 5.97. The van der Waals surface area contributed by atoms with Crippen molar-refractivity contribution >= 4 is 5.78 Å². The summed E-state index contributed by atoms with van der Waals surface area (Å²) >= 11 is 0. The first-order valence-corrected chi connectivity index (χ1v) is 4.35. The molecule has 2 heterocycles. The Bertz CT molecular complexity index is 448. The molecule has 2 aromatic heterocycles. The summed E-state index contributed by atoms with van der Waals surface area (Å²) in [5.41, 5.74) is 5.73. The predicted octanol–water partition coefficient (Wildman–Crippen LogP) is -0.196. The number of aromatic nitrogens is 4. The average molecular weight is 203 g/mol. The Kier molecular flexibility index (Phi) is 2.51. The molecule has 6 nitrogen and oxygen atoms in total. The van der Waals surface area contributed by atoms with Gasteiger partial charge < -0.3 is 5.73 Å². The van der Waals surface area contributed by atoms with Gasteiger partial charge in [0.15, 0.2) is 11.6 Å². The summed E-state index contributed by atoms with van der Waals surface area (Å²) in [6, 6.07) is 3.36. The Balaban J connectivity index is 2.29. The lowest BCUT2D eigenvalue weighted by atomic mass is 10.2. The summed E-state index contributed by atoms with van der Waals surface area (Å²) in [5, 5.41) is 3.91. The Labute approximate surface area is 85.8 Å². The quantitative estimate of drug-likeness (QED) is 0.698. The number of carbonyl (C=O) groups is 1. The van der Waals surface area contributed by atoms with E-state index >= 15 is 0 Å². The molecule has 0 amide bonds. The molecule has 0 saturated carbocycles. The van der Waals surface area contributed by atoms with Gasteiger partial charge in [-0.25, -0.2) is 14.6 Å². The van der Waals surface area contributed by atoms with Crippen molar-refractivity contribution in [3.05, 3.63) is 36.5 Å². The maximum absolute atomic E-state index is 11.2. The van der Waals surface area contributed by atoms with Crippen LogP contribution in [0.5, 0.6) is 0 Å². The van der Waals surface area contributed by atoms with E-state index in [1.54, 1.807) is 12.1 Å². The zero-order valence-corrected chi connectivity index (χ0v) is 7.87. The van der Waals surface area contributed by atoms with E-state index in [2.05, 4.69) is 15.1 Å². The van der Waals surface area contributed by atoms with E-state index in [0.717, 1.165) is 0 Å². The third-order valence-electron chi connectivity index (χ3n) is 1.91. The molecule has 76 valence electrons. The van der Waals surface area contributed by atoms with Crippen LogP contribution in [0, 0.1) is 0 Å². The third-order valence-corrected chi connectivity index (χ3v) is 1.91. The Morgan fingerprint density at radius 2 is 2.33 bits per heavy atom. The van der Waals surface area contributed by atoms with Crippen molar-refractivity contribution in [1.29, 1.82) is 0 Å². The lowest BCUT2D eigenvalue weighted by Gasteiger charge is -2.00. The molecule has 15 heavy (non-hydrogen) atoms. The zero-order valence-electron chi connectivity index (χ0n) is 7.87. The largest absolute Gasteiger partial charge is 0.324 e. The second-order valence-corrected chi connectivity index (χ2v) is 2.87. The first-order chi connectivity index (χ1) is 7.31. The number of Topliss-reactive ketones (excluding diaryl/α,β-unsaturated/α-hetero) is 1. The van der Waals surface area contributed by atoms with Crippen LogP contribution in [0.4, 0.5) is 0 Å². The minimum atomic E-state index is -0.132. The van der Waals surface area contributed by atoms with Gasteiger partial charge >= 0.3 is 0 Å². The Hall–Kier alpha value is -2.08. The first-order valence-electron chi connectivity index (χ1n) is 4.35. The summed E-state index contributed by atoms with van der Waals surface area (Å²) in [5.74, 6) is 0.480. The van der Waals surface area contributed by atoms with Gasteiger partial charge in [0.25, 0.3) is 0 Å². The fourth-order valence-electron chi connectivity index (χ4n) is 1.13. The molecule has 2 rings (SSSR count). The Morgan fingerprint density at radius 1 is 1.47 bits per heavy atom. The number of pyridine rings is 1. The molecule has 0 atom stereocenters. The molecule has 2 N–H and O–H groups in total. The number of rotatable bonds is 3. The molecule has 0 saturated heterocycles. The van der Waals surface area contributed by atoms with Crippen LogP contribution in [0.25, 0.3) is 5.82 Å². The summed E-state index contributed by atoms with van der Waals surface area (Å²) < 4.78 is 1.51. The van der Waals surface area contributed by atoms with Crippen LogP contribution in [0.15, 0.2) is 31.0 Å². The standard InChI is InChI=1S/C9H9N5O/c10-3-8(15)7-1-2-9(12-4-7)14-6-11-5-13-14/h1-2,4-6H,3,10H2. The molecular weight excluding hydrogens is 194 g/mol. The van der Waals surface area contributed by atoms with Crippen molar-refractivity contribution in [3.63, 3.8) is 0 Å². The summed E-state index contributed by atoms with van der Waals surface area (Å²) in [6.07, 6.45) is 4.43. The van der Waals surface area contributed by atoms with Crippen molar-refractivity contribution in [2.75, 3.05) is 6.54 Å². The van der Waals surface area contributed by atoms with Gasteiger partial charge in [0.1, 0.15) is 12.7 Å². The minimum Gasteiger partial charge on any atom is -0.324 e.